The van der Waals surface area contributed by atoms with E-state index in [2.05, 4.69) is 4.74 Å². The van der Waals surface area contributed by atoms with E-state index in [9.17, 15) is 22.8 Å². The molecule has 0 fully saturated rings. The number of alkyl halides is 3. The summed E-state index contributed by atoms with van der Waals surface area (Å²) >= 11 is 0. The first-order valence-corrected chi connectivity index (χ1v) is 8.18. The van der Waals surface area contributed by atoms with Crippen LogP contribution in [0.2, 0.25) is 0 Å². The summed E-state index contributed by atoms with van der Waals surface area (Å²) in [6, 6.07) is 11.3. The van der Waals surface area contributed by atoms with Crippen molar-refractivity contribution in [2.75, 3.05) is 13.4 Å². The molecule has 0 amide bonds. The number of hydrogen-bond acceptors (Lipinski definition) is 6. The molecule has 0 spiro atoms. The third-order valence-electron chi connectivity index (χ3n) is 3.46. The van der Waals surface area contributed by atoms with E-state index in [0.717, 1.165) is 0 Å². The van der Waals surface area contributed by atoms with Crippen molar-refractivity contribution in [1.82, 2.24) is 0 Å². The van der Waals surface area contributed by atoms with E-state index in [1.807, 2.05) is 0 Å². The Labute approximate surface area is 158 Å². The van der Waals surface area contributed by atoms with Gasteiger partial charge in [-0.25, -0.2) is 9.59 Å². The lowest BCUT2D eigenvalue weighted by atomic mass is 10.2. The number of carbonyl (C=O) groups is 2. The summed E-state index contributed by atoms with van der Waals surface area (Å²) in [4.78, 5) is 23.5. The van der Waals surface area contributed by atoms with Crippen LogP contribution >= 0.6 is 0 Å². The predicted molar refractivity (Wildman–Crippen MR) is 91.1 cm³/mol. The minimum Gasteiger partial charge on any atom is -0.494 e. The quantitative estimate of drug-likeness (QED) is 0.316. The molecule has 2 aromatic carbocycles. The first-order chi connectivity index (χ1) is 13.3. The third kappa shape index (κ3) is 6.92. The fourth-order valence-corrected chi connectivity index (χ4v) is 2.12. The van der Waals surface area contributed by atoms with Crippen LogP contribution in [0.3, 0.4) is 0 Å². The molecule has 0 saturated heterocycles. The van der Waals surface area contributed by atoms with Crippen LogP contribution in [0.15, 0.2) is 48.5 Å². The van der Waals surface area contributed by atoms with Crippen LogP contribution in [0, 0.1) is 0 Å². The minimum absolute atomic E-state index is 0.0889. The smallest absolute Gasteiger partial charge is 0.389 e. The molecule has 0 aliphatic heterocycles. The van der Waals surface area contributed by atoms with Crippen molar-refractivity contribution in [2.24, 2.45) is 0 Å². The van der Waals surface area contributed by atoms with Gasteiger partial charge in [-0.05, 0) is 55.0 Å². The van der Waals surface area contributed by atoms with Gasteiger partial charge in [0.15, 0.2) is 6.79 Å². The van der Waals surface area contributed by atoms with E-state index in [-0.39, 0.29) is 29.9 Å². The second kappa shape index (κ2) is 9.75. The molecule has 0 aliphatic carbocycles. The maximum atomic E-state index is 12.1. The second-order valence-corrected chi connectivity index (χ2v) is 5.57. The molecule has 0 aromatic heterocycles. The minimum atomic E-state index is -4.21. The van der Waals surface area contributed by atoms with E-state index in [0.29, 0.717) is 5.75 Å². The van der Waals surface area contributed by atoms with Crippen LogP contribution in [0.5, 0.6) is 11.5 Å². The van der Waals surface area contributed by atoms with Crippen molar-refractivity contribution in [3.8, 4) is 11.5 Å². The normalized spacial score (nSPS) is 11.0. The van der Waals surface area contributed by atoms with Crippen LogP contribution < -0.4 is 9.47 Å². The third-order valence-corrected chi connectivity index (χ3v) is 3.46. The summed E-state index contributed by atoms with van der Waals surface area (Å²) in [5.74, 6) is -0.844. The summed E-state index contributed by atoms with van der Waals surface area (Å²) < 4.78 is 51.0. The van der Waals surface area contributed by atoms with Crippen LogP contribution in [0.4, 0.5) is 13.2 Å². The molecule has 150 valence electrons. The lowest BCUT2D eigenvalue weighted by Crippen LogP contribution is -2.10. The number of aliphatic hydroxyl groups is 1. The molecule has 9 heteroatoms. The molecule has 1 N–H and O–H groups in total. The number of halogens is 3. The molecule has 0 radical (unpaired) electrons. The number of aliphatic hydroxyl groups excluding tert-OH is 1. The van der Waals surface area contributed by atoms with Gasteiger partial charge in [0.1, 0.15) is 11.5 Å². The summed E-state index contributed by atoms with van der Waals surface area (Å²) in [6.45, 7) is -0.827. The zero-order chi connectivity index (χ0) is 20.6. The molecule has 2 rings (SSSR count). The van der Waals surface area contributed by atoms with Crippen LogP contribution in [-0.4, -0.2) is 36.6 Å². The maximum absolute atomic E-state index is 12.1. The lowest BCUT2D eigenvalue weighted by molar-refractivity contribution is -0.136. The highest BCUT2D eigenvalue weighted by molar-refractivity contribution is 5.92. The van der Waals surface area contributed by atoms with Crippen LogP contribution in [0.25, 0.3) is 0 Å². The lowest BCUT2D eigenvalue weighted by Gasteiger charge is -2.09. The molecule has 0 bridgehead atoms. The van der Waals surface area contributed by atoms with Gasteiger partial charge in [0.05, 0.1) is 17.7 Å². The van der Waals surface area contributed by atoms with Gasteiger partial charge < -0.3 is 19.3 Å². The van der Waals surface area contributed by atoms with Crippen molar-refractivity contribution in [3.63, 3.8) is 0 Å². The number of rotatable bonds is 8. The zero-order valence-corrected chi connectivity index (χ0v) is 14.6. The highest BCUT2D eigenvalue weighted by Gasteiger charge is 2.26. The predicted octanol–water partition coefficient (Wildman–Crippen LogP) is 3.73. The monoisotopic (exact) mass is 398 g/mol. The van der Waals surface area contributed by atoms with Gasteiger partial charge >= 0.3 is 18.1 Å². The zero-order valence-electron chi connectivity index (χ0n) is 14.6. The highest BCUT2D eigenvalue weighted by Crippen LogP contribution is 2.22. The van der Waals surface area contributed by atoms with E-state index in [1.54, 1.807) is 0 Å². The van der Waals surface area contributed by atoms with Gasteiger partial charge in [-0.1, -0.05) is 0 Å². The summed E-state index contributed by atoms with van der Waals surface area (Å²) in [5, 5.41) is 8.54. The molecule has 2 aromatic rings. The van der Waals surface area contributed by atoms with Crippen molar-refractivity contribution in [2.45, 2.75) is 19.0 Å². The topological polar surface area (TPSA) is 82.1 Å². The molecular weight excluding hydrogens is 381 g/mol. The van der Waals surface area contributed by atoms with E-state index >= 15 is 0 Å². The molecule has 0 saturated carbocycles. The van der Waals surface area contributed by atoms with Gasteiger partial charge in [0.2, 0.25) is 0 Å². The fraction of sp³-hybridized carbons (Fsp3) is 0.263. The Morgan fingerprint density at radius 1 is 0.857 bits per heavy atom. The molecular formula is C19H17F3O6. The highest BCUT2D eigenvalue weighted by atomic mass is 19.4. The number of ether oxygens (including phenoxy) is 3. The molecule has 0 atom stereocenters. The Kier molecular flexibility index (Phi) is 7.39. The van der Waals surface area contributed by atoms with E-state index < -0.39 is 31.3 Å². The second-order valence-electron chi connectivity index (χ2n) is 5.57. The molecule has 6 nitrogen and oxygen atoms in total. The number of benzene rings is 2. The largest absolute Gasteiger partial charge is 0.494 e. The van der Waals surface area contributed by atoms with Crippen molar-refractivity contribution >= 4 is 11.9 Å². The Morgan fingerprint density at radius 3 is 1.93 bits per heavy atom. The first kappa shape index (κ1) is 21.2. The molecule has 0 aliphatic rings. The standard InChI is InChI=1S/C19H17F3O6/c20-19(21,22)10-1-11-26-15-6-2-14(3-7-15)18(25)28-16-8-4-13(5-9-16)17(24)27-12-23/h2-9,23H,1,10-12H2. The molecule has 0 unspecified atom stereocenters. The van der Waals surface area contributed by atoms with Gasteiger partial charge in [-0.2, -0.15) is 13.2 Å². The number of hydrogen-bond donors (Lipinski definition) is 1. The summed E-state index contributed by atoms with van der Waals surface area (Å²) in [7, 11) is 0. The van der Waals surface area contributed by atoms with Crippen molar-refractivity contribution in [3.05, 3.63) is 59.7 Å². The molecule has 28 heavy (non-hydrogen) atoms. The van der Waals surface area contributed by atoms with Crippen molar-refractivity contribution < 1.29 is 42.1 Å². The van der Waals surface area contributed by atoms with Crippen molar-refractivity contribution in [1.29, 1.82) is 0 Å². The Bertz CT molecular complexity index is 785. The Balaban J connectivity index is 1.86. The van der Waals surface area contributed by atoms with Gasteiger partial charge in [-0.3, -0.25) is 0 Å². The SMILES string of the molecule is O=C(OCO)c1ccc(OC(=O)c2ccc(OCCCC(F)(F)F)cc2)cc1. The molecule has 0 heterocycles. The van der Waals surface area contributed by atoms with Crippen LogP contribution in [-0.2, 0) is 4.74 Å². The van der Waals surface area contributed by atoms with Gasteiger partial charge in [0, 0.05) is 6.42 Å². The fourth-order valence-electron chi connectivity index (χ4n) is 2.12. The Morgan fingerprint density at radius 2 is 1.39 bits per heavy atom. The van der Waals surface area contributed by atoms with E-state index in [1.165, 1.54) is 48.5 Å². The van der Waals surface area contributed by atoms with Crippen LogP contribution in [0.1, 0.15) is 33.6 Å². The summed E-state index contributed by atoms with van der Waals surface area (Å²) in [5.41, 5.74) is 0.396. The maximum Gasteiger partial charge on any atom is 0.389 e. The number of esters is 2. The summed E-state index contributed by atoms with van der Waals surface area (Å²) in [6.07, 6.45) is -5.29. The average molecular weight is 398 g/mol. The first-order valence-electron chi connectivity index (χ1n) is 8.18. The Hall–Kier alpha value is -3.07. The van der Waals surface area contributed by atoms with Gasteiger partial charge in [0.25, 0.3) is 0 Å². The van der Waals surface area contributed by atoms with E-state index in [4.69, 9.17) is 14.6 Å². The number of carbonyl (C=O) groups excluding carboxylic acids is 2. The average Bonchev–Trinajstić information content (AvgIpc) is 2.66. The van der Waals surface area contributed by atoms with Gasteiger partial charge in [-0.15, -0.1) is 0 Å².